The molecular formula is C16H15F2NO3S. The van der Waals surface area contributed by atoms with E-state index in [0.29, 0.717) is 0 Å². The highest BCUT2D eigenvalue weighted by atomic mass is 32.2. The third-order valence-corrected chi connectivity index (χ3v) is 4.90. The second kappa shape index (κ2) is 6.78. The topological polar surface area (TPSA) is 46.6 Å². The molecule has 0 heterocycles. The van der Waals surface area contributed by atoms with Crippen molar-refractivity contribution in [2.45, 2.75) is 4.90 Å². The summed E-state index contributed by atoms with van der Waals surface area (Å²) in [4.78, 5) is -0.305. The monoisotopic (exact) mass is 339 g/mol. The molecule has 0 aliphatic rings. The van der Waals surface area contributed by atoms with Crippen LogP contribution in [0.5, 0.6) is 5.75 Å². The zero-order valence-corrected chi connectivity index (χ0v) is 13.2. The fourth-order valence-corrected chi connectivity index (χ4v) is 3.49. The molecule has 0 saturated heterocycles. The number of halogens is 2. The van der Waals surface area contributed by atoms with E-state index in [9.17, 15) is 17.2 Å². The summed E-state index contributed by atoms with van der Waals surface area (Å²) in [5.74, 6) is -1.60. The normalized spacial score (nSPS) is 11.1. The van der Waals surface area contributed by atoms with Crippen LogP contribution in [-0.4, -0.2) is 22.1 Å². The van der Waals surface area contributed by atoms with Crippen molar-refractivity contribution in [3.8, 4) is 5.75 Å². The van der Waals surface area contributed by atoms with Gasteiger partial charge in [0.1, 0.15) is 5.82 Å². The van der Waals surface area contributed by atoms with E-state index >= 15 is 0 Å². The Labute approximate surface area is 133 Å². The minimum absolute atomic E-state index is 0.0786. The van der Waals surface area contributed by atoms with E-state index in [1.54, 1.807) is 0 Å². The zero-order valence-electron chi connectivity index (χ0n) is 12.4. The van der Waals surface area contributed by atoms with Gasteiger partial charge in [-0.15, -0.1) is 6.58 Å². The van der Waals surface area contributed by atoms with Crippen molar-refractivity contribution >= 4 is 15.7 Å². The second-order valence-corrected chi connectivity index (χ2v) is 6.43. The summed E-state index contributed by atoms with van der Waals surface area (Å²) in [5, 5.41) is 0. The van der Waals surface area contributed by atoms with Gasteiger partial charge in [-0.2, -0.15) is 0 Å². The van der Waals surface area contributed by atoms with Gasteiger partial charge in [0.05, 0.1) is 24.2 Å². The second-order valence-electron chi connectivity index (χ2n) is 4.57. The van der Waals surface area contributed by atoms with Crippen LogP contribution in [0.3, 0.4) is 0 Å². The van der Waals surface area contributed by atoms with Crippen molar-refractivity contribution in [1.82, 2.24) is 0 Å². The number of rotatable bonds is 6. The lowest BCUT2D eigenvalue weighted by molar-refractivity contribution is 0.385. The highest BCUT2D eigenvalue weighted by Crippen LogP contribution is 2.28. The van der Waals surface area contributed by atoms with Gasteiger partial charge in [-0.25, -0.2) is 17.2 Å². The first-order valence-electron chi connectivity index (χ1n) is 6.63. The molecule has 0 aliphatic heterocycles. The highest BCUT2D eigenvalue weighted by Gasteiger charge is 2.27. The first kappa shape index (κ1) is 17.0. The number of para-hydroxylation sites is 1. The highest BCUT2D eigenvalue weighted by molar-refractivity contribution is 7.92. The Morgan fingerprint density at radius 3 is 2.43 bits per heavy atom. The molecule has 4 nitrogen and oxygen atoms in total. The number of sulfonamides is 1. The number of benzene rings is 2. The van der Waals surface area contributed by atoms with Gasteiger partial charge < -0.3 is 4.74 Å². The lowest BCUT2D eigenvalue weighted by Gasteiger charge is -2.23. The maximum absolute atomic E-state index is 14.0. The molecular weight excluding hydrogens is 324 g/mol. The van der Waals surface area contributed by atoms with E-state index in [1.807, 2.05) is 0 Å². The predicted molar refractivity (Wildman–Crippen MR) is 84.1 cm³/mol. The van der Waals surface area contributed by atoms with E-state index < -0.39 is 21.7 Å². The smallest absolute Gasteiger partial charge is 0.264 e. The molecule has 0 aromatic heterocycles. The first-order valence-corrected chi connectivity index (χ1v) is 8.07. The maximum atomic E-state index is 14.0. The Hall–Kier alpha value is -2.41. The van der Waals surface area contributed by atoms with Crippen LogP contribution in [0.15, 0.2) is 60.0 Å². The molecule has 0 spiro atoms. The minimum atomic E-state index is -4.16. The first-order chi connectivity index (χ1) is 10.9. The molecule has 23 heavy (non-hydrogen) atoms. The Balaban J connectivity index is 2.56. The van der Waals surface area contributed by atoms with Gasteiger partial charge in [0.25, 0.3) is 10.0 Å². The molecule has 0 unspecified atom stereocenters. The predicted octanol–water partition coefficient (Wildman–Crippen LogP) is 3.35. The van der Waals surface area contributed by atoms with E-state index in [2.05, 4.69) is 6.58 Å². The third kappa shape index (κ3) is 3.34. The van der Waals surface area contributed by atoms with Crippen LogP contribution in [-0.2, 0) is 10.0 Å². The van der Waals surface area contributed by atoms with Crippen LogP contribution in [0.1, 0.15) is 0 Å². The van der Waals surface area contributed by atoms with Crippen molar-refractivity contribution in [3.63, 3.8) is 0 Å². The summed E-state index contributed by atoms with van der Waals surface area (Å²) in [6, 6.07) is 8.68. The Bertz CT molecular complexity index is 822. The van der Waals surface area contributed by atoms with Crippen LogP contribution in [0.25, 0.3) is 0 Å². The molecule has 0 amide bonds. The summed E-state index contributed by atoms with van der Waals surface area (Å²) < 4.78 is 58.8. The SMILES string of the molecule is C=CCN(c1ccccc1F)S(=O)(=O)c1ccc(OC)c(F)c1. The Kier molecular flexibility index (Phi) is 5.00. The molecule has 2 aromatic carbocycles. The third-order valence-electron chi connectivity index (χ3n) is 3.13. The van der Waals surface area contributed by atoms with Gasteiger partial charge in [-0.1, -0.05) is 18.2 Å². The number of hydrogen-bond donors (Lipinski definition) is 0. The standard InChI is InChI=1S/C16H15F2NO3S/c1-3-10-19(15-7-5-4-6-13(15)17)23(20,21)12-8-9-16(22-2)14(18)11-12/h3-9,11H,1,10H2,2H3. The molecule has 7 heteroatoms. The summed E-state index contributed by atoms with van der Waals surface area (Å²) in [5.41, 5.74) is -0.136. The van der Waals surface area contributed by atoms with Gasteiger partial charge >= 0.3 is 0 Å². The van der Waals surface area contributed by atoms with Crippen LogP contribution in [0.4, 0.5) is 14.5 Å². The maximum Gasteiger partial charge on any atom is 0.264 e. The fourth-order valence-electron chi connectivity index (χ4n) is 2.03. The van der Waals surface area contributed by atoms with Crippen molar-refractivity contribution in [2.24, 2.45) is 0 Å². The molecule has 0 radical (unpaired) electrons. The average molecular weight is 339 g/mol. The number of anilines is 1. The van der Waals surface area contributed by atoms with Gasteiger partial charge in [-0.05, 0) is 30.3 Å². The van der Waals surface area contributed by atoms with Crippen molar-refractivity contribution in [1.29, 1.82) is 0 Å². The summed E-state index contributed by atoms with van der Waals surface area (Å²) >= 11 is 0. The summed E-state index contributed by atoms with van der Waals surface area (Å²) in [6.45, 7) is 3.33. The average Bonchev–Trinajstić information content (AvgIpc) is 2.53. The van der Waals surface area contributed by atoms with E-state index in [0.717, 1.165) is 16.4 Å². The molecule has 2 rings (SSSR count). The lowest BCUT2D eigenvalue weighted by atomic mass is 10.3. The van der Waals surface area contributed by atoms with Crippen LogP contribution >= 0.6 is 0 Å². The minimum Gasteiger partial charge on any atom is -0.494 e. The Morgan fingerprint density at radius 2 is 1.87 bits per heavy atom. The van der Waals surface area contributed by atoms with Gasteiger partial charge in [0, 0.05) is 0 Å². The molecule has 0 aliphatic carbocycles. The number of methoxy groups -OCH3 is 1. The van der Waals surface area contributed by atoms with Crippen LogP contribution in [0.2, 0.25) is 0 Å². The number of nitrogens with zero attached hydrogens (tertiary/aromatic N) is 1. The quantitative estimate of drug-likeness (QED) is 0.758. The Morgan fingerprint density at radius 1 is 1.17 bits per heavy atom. The van der Waals surface area contributed by atoms with Gasteiger partial charge in [-0.3, -0.25) is 4.31 Å². The van der Waals surface area contributed by atoms with Crippen molar-refractivity contribution < 1.29 is 21.9 Å². The lowest BCUT2D eigenvalue weighted by Crippen LogP contribution is -2.32. The van der Waals surface area contributed by atoms with Crippen molar-refractivity contribution in [2.75, 3.05) is 18.0 Å². The largest absolute Gasteiger partial charge is 0.494 e. The fraction of sp³-hybridized carbons (Fsp3) is 0.125. The molecule has 0 N–H and O–H groups in total. The van der Waals surface area contributed by atoms with E-state index in [-0.39, 0.29) is 22.9 Å². The number of ether oxygens (including phenoxy) is 1. The molecule has 0 fully saturated rings. The van der Waals surface area contributed by atoms with Gasteiger partial charge in [0.15, 0.2) is 11.6 Å². The molecule has 0 bridgehead atoms. The van der Waals surface area contributed by atoms with Gasteiger partial charge in [0.2, 0.25) is 0 Å². The van der Waals surface area contributed by atoms with E-state index in [1.165, 1.54) is 43.5 Å². The summed E-state index contributed by atoms with van der Waals surface area (Å²) in [6.07, 6.45) is 1.32. The zero-order chi connectivity index (χ0) is 17.0. The van der Waals surface area contributed by atoms with E-state index in [4.69, 9.17) is 4.74 Å². The van der Waals surface area contributed by atoms with Crippen LogP contribution < -0.4 is 9.04 Å². The molecule has 2 aromatic rings. The summed E-state index contributed by atoms with van der Waals surface area (Å²) in [7, 11) is -2.89. The molecule has 0 saturated carbocycles. The van der Waals surface area contributed by atoms with Crippen LogP contribution in [0, 0.1) is 11.6 Å². The molecule has 0 atom stereocenters. The molecule has 122 valence electrons. The number of hydrogen-bond acceptors (Lipinski definition) is 3. The van der Waals surface area contributed by atoms with Crippen molar-refractivity contribution in [3.05, 3.63) is 66.8 Å².